The van der Waals surface area contributed by atoms with E-state index in [1.165, 1.54) is 0 Å². The summed E-state index contributed by atoms with van der Waals surface area (Å²) in [6, 6.07) is 11.8. The first kappa shape index (κ1) is 18.9. The lowest BCUT2D eigenvalue weighted by molar-refractivity contribution is 0.0952. The fraction of sp³-hybridized carbons (Fsp3) is 0.273. The molecule has 0 atom stereocenters. The molecule has 3 heterocycles. The van der Waals surface area contributed by atoms with E-state index in [9.17, 15) is 4.79 Å². The Morgan fingerprint density at radius 2 is 2.00 bits per heavy atom. The maximum Gasteiger partial charge on any atom is 0.259 e. The summed E-state index contributed by atoms with van der Waals surface area (Å²) in [5.74, 6) is 0.00523. The van der Waals surface area contributed by atoms with Crippen LogP contribution in [0.15, 0.2) is 53.3 Å². The van der Waals surface area contributed by atoms with Crippen LogP contribution in [-0.2, 0) is 13.1 Å². The Labute approximate surface area is 168 Å². The fourth-order valence-corrected chi connectivity index (χ4v) is 3.31. The highest BCUT2D eigenvalue weighted by Crippen LogP contribution is 2.25. The quantitative estimate of drug-likeness (QED) is 0.542. The van der Waals surface area contributed by atoms with Gasteiger partial charge in [0.1, 0.15) is 0 Å². The molecule has 1 aromatic carbocycles. The third-order valence-corrected chi connectivity index (χ3v) is 4.92. The molecule has 29 heavy (non-hydrogen) atoms. The van der Waals surface area contributed by atoms with E-state index in [4.69, 9.17) is 4.52 Å². The largest absolute Gasteiger partial charge is 0.348 e. The number of aryl methyl sites for hydroxylation is 1. The molecular weight excluding hydrogens is 366 g/mol. The first-order valence-electron chi connectivity index (χ1n) is 9.62. The number of carbonyl (C=O) groups excluding carboxylic acids is 1. The van der Waals surface area contributed by atoms with Crippen molar-refractivity contribution in [1.82, 2.24) is 25.2 Å². The highest BCUT2D eigenvalue weighted by molar-refractivity contribution is 6.06. The van der Waals surface area contributed by atoms with Gasteiger partial charge in [-0.2, -0.15) is 5.10 Å². The van der Waals surface area contributed by atoms with E-state index >= 15 is 0 Å². The Hall–Kier alpha value is -3.48. The number of nitrogens with zero attached hydrogens (tertiary/aromatic N) is 4. The summed E-state index contributed by atoms with van der Waals surface area (Å²) in [6.07, 6.45) is 3.68. The van der Waals surface area contributed by atoms with Crippen LogP contribution in [0.4, 0.5) is 0 Å². The topological polar surface area (TPSA) is 85.8 Å². The Morgan fingerprint density at radius 3 is 2.72 bits per heavy atom. The Morgan fingerprint density at radius 1 is 1.21 bits per heavy atom. The van der Waals surface area contributed by atoms with E-state index in [2.05, 4.69) is 26.6 Å². The van der Waals surface area contributed by atoms with E-state index in [0.29, 0.717) is 35.4 Å². The Kier molecular flexibility index (Phi) is 5.12. The number of hydrogen-bond acceptors (Lipinski definition) is 5. The molecular formula is C22H23N5O2. The summed E-state index contributed by atoms with van der Waals surface area (Å²) in [7, 11) is 0. The van der Waals surface area contributed by atoms with Gasteiger partial charge in [0, 0.05) is 24.6 Å². The standard InChI is InChI=1S/C22H23N5O2/c1-14(2)19-11-18(20-15(3)26-29-22(20)25-19)21(28)23-12-16-7-4-5-8-17(16)13-27-10-6-9-24-27/h4-11,14H,12-13H2,1-3H3,(H,23,28). The predicted octanol–water partition coefficient (Wildman–Crippen LogP) is 3.83. The van der Waals surface area contributed by atoms with E-state index in [1.807, 2.05) is 62.0 Å². The van der Waals surface area contributed by atoms with Crippen LogP contribution >= 0.6 is 0 Å². The number of nitrogens with one attached hydrogen (secondary N) is 1. The van der Waals surface area contributed by atoms with Crippen LogP contribution in [0.3, 0.4) is 0 Å². The molecule has 0 aliphatic rings. The monoisotopic (exact) mass is 389 g/mol. The van der Waals surface area contributed by atoms with Crippen LogP contribution in [0, 0.1) is 6.92 Å². The number of amides is 1. The highest BCUT2D eigenvalue weighted by Gasteiger charge is 2.19. The minimum absolute atomic E-state index is 0.167. The van der Waals surface area contributed by atoms with Gasteiger partial charge in [-0.05, 0) is 36.1 Å². The van der Waals surface area contributed by atoms with Crippen LogP contribution in [0.2, 0.25) is 0 Å². The molecule has 0 saturated carbocycles. The van der Waals surface area contributed by atoms with Crippen molar-refractivity contribution in [1.29, 1.82) is 0 Å². The summed E-state index contributed by atoms with van der Waals surface area (Å²) in [6.45, 7) is 6.95. The number of rotatable bonds is 6. The molecule has 4 aromatic rings. The molecule has 1 N–H and O–H groups in total. The summed E-state index contributed by atoms with van der Waals surface area (Å²) in [5.41, 5.74) is 4.57. The molecule has 148 valence electrons. The van der Waals surface area contributed by atoms with Crippen molar-refractivity contribution in [3.05, 3.63) is 76.9 Å². The molecule has 4 rings (SSSR count). The van der Waals surface area contributed by atoms with Crippen molar-refractivity contribution >= 4 is 17.0 Å². The number of pyridine rings is 1. The third kappa shape index (κ3) is 3.89. The lowest BCUT2D eigenvalue weighted by atomic mass is 10.0. The van der Waals surface area contributed by atoms with Gasteiger partial charge < -0.3 is 9.84 Å². The van der Waals surface area contributed by atoms with Gasteiger partial charge in [-0.1, -0.05) is 43.3 Å². The van der Waals surface area contributed by atoms with Crippen LogP contribution < -0.4 is 5.32 Å². The SMILES string of the molecule is Cc1noc2nc(C(C)C)cc(C(=O)NCc3ccccc3Cn3cccn3)c12. The van der Waals surface area contributed by atoms with Gasteiger partial charge >= 0.3 is 0 Å². The molecule has 0 saturated heterocycles. The van der Waals surface area contributed by atoms with Crippen LogP contribution in [-0.4, -0.2) is 25.8 Å². The van der Waals surface area contributed by atoms with Crippen LogP contribution in [0.1, 0.15) is 52.6 Å². The molecule has 0 spiro atoms. The molecule has 3 aromatic heterocycles. The predicted molar refractivity (Wildman–Crippen MR) is 110 cm³/mol. The molecule has 0 radical (unpaired) electrons. The average Bonchev–Trinajstić information content (AvgIpc) is 3.36. The van der Waals surface area contributed by atoms with E-state index in [-0.39, 0.29) is 11.8 Å². The molecule has 0 aliphatic carbocycles. The van der Waals surface area contributed by atoms with Gasteiger partial charge in [0.25, 0.3) is 11.6 Å². The van der Waals surface area contributed by atoms with Gasteiger partial charge in [-0.3, -0.25) is 9.48 Å². The molecule has 0 aliphatic heterocycles. The summed E-state index contributed by atoms with van der Waals surface area (Å²) < 4.78 is 7.18. The van der Waals surface area contributed by atoms with Crippen molar-refractivity contribution in [2.24, 2.45) is 0 Å². The van der Waals surface area contributed by atoms with E-state index in [1.54, 1.807) is 6.20 Å². The van der Waals surface area contributed by atoms with Gasteiger partial charge in [-0.15, -0.1) is 0 Å². The second kappa shape index (κ2) is 7.87. The highest BCUT2D eigenvalue weighted by atomic mass is 16.5. The van der Waals surface area contributed by atoms with Gasteiger partial charge in [0.15, 0.2) is 0 Å². The Balaban J connectivity index is 1.59. The van der Waals surface area contributed by atoms with Crippen molar-refractivity contribution in [3.63, 3.8) is 0 Å². The normalized spacial score (nSPS) is 11.3. The average molecular weight is 389 g/mol. The van der Waals surface area contributed by atoms with E-state index in [0.717, 1.165) is 16.8 Å². The van der Waals surface area contributed by atoms with Crippen molar-refractivity contribution in [2.45, 2.75) is 39.8 Å². The summed E-state index contributed by atoms with van der Waals surface area (Å²) >= 11 is 0. The van der Waals surface area contributed by atoms with Gasteiger partial charge in [0.2, 0.25) is 0 Å². The van der Waals surface area contributed by atoms with Gasteiger partial charge in [0.05, 0.1) is 23.2 Å². The minimum atomic E-state index is -0.167. The lowest BCUT2D eigenvalue weighted by Gasteiger charge is -2.12. The van der Waals surface area contributed by atoms with Gasteiger partial charge in [-0.25, -0.2) is 4.98 Å². The zero-order valence-corrected chi connectivity index (χ0v) is 16.7. The van der Waals surface area contributed by atoms with E-state index < -0.39 is 0 Å². The van der Waals surface area contributed by atoms with Crippen LogP contribution in [0.5, 0.6) is 0 Å². The third-order valence-electron chi connectivity index (χ3n) is 4.92. The number of carbonyl (C=O) groups is 1. The molecule has 0 unspecified atom stereocenters. The van der Waals surface area contributed by atoms with Crippen molar-refractivity contribution < 1.29 is 9.32 Å². The smallest absolute Gasteiger partial charge is 0.259 e. The fourth-order valence-electron chi connectivity index (χ4n) is 3.31. The first-order chi connectivity index (χ1) is 14.0. The number of fused-ring (bicyclic) bond motifs is 1. The summed E-state index contributed by atoms with van der Waals surface area (Å²) in [4.78, 5) is 17.6. The Bertz CT molecular complexity index is 1150. The zero-order valence-electron chi connectivity index (χ0n) is 16.7. The molecule has 0 fully saturated rings. The second-order valence-electron chi connectivity index (χ2n) is 7.35. The maximum atomic E-state index is 13.1. The second-order valence-corrected chi connectivity index (χ2v) is 7.35. The van der Waals surface area contributed by atoms with Crippen molar-refractivity contribution in [2.75, 3.05) is 0 Å². The first-order valence-corrected chi connectivity index (χ1v) is 9.62. The van der Waals surface area contributed by atoms with Crippen molar-refractivity contribution in [3.8, 4) is 0 Å². The molecule has 7 heteroatoms. The molecule has 0 bridgehead atoms. The number of hydrogen-bond donors (Lipinski definition) is 1. The number of aromatic nitrogens is 4. The minimum Gasteiger partial charge on any atom is -0.348 e. The lowest BCUT2D eigenvalue weighted by Crippen LogP contribution is -2.24. The summed E-state index contributed by atoms with van der Waals surface area (Å²) in [5, 5.41) is 12.0. The molecule has 1 amide bonds. The van der Waals surface area contributed by atoms with Crippen LogP contribution in [0.25, 0.3) is 11.1 Å². The molecule has 7 nitrogen and oxygen atoms in total. The number of benzene rings is 1. The maximum absolute atomic E-state index is 13.1. The zero-order chi connectivity index (χ0) is 20.4.